The van der Waals surface area contributed by atoms with E-state index >= 15 is 0 Å². The van der Waals surface area contributed by atoms with Crippen LogP contribution in [0.15, 0.2) is 23.8 Å². The average molecular weight is 247 g/mol. The van der Waals surface area contributed by atoms with Crippen molar-refractivity contribution in [1.29, 1.82) is 0 Å². The molecule has 0 aromatic carbocycles. The minimum Gasteiger partial charge on any atom is -0.305 e. The Kier molecular flexibility index (Phi) is 3.86. The molecule has 0 fully saturated rings. The molecule has 0 aliphatic rings. The Hall–Kier alpha value is -1.26. The summed E-state index contributed by atoms with van der Waals surface area (Å²) in [6.07, 6.45) is 3.68. The molecule has 17 heavy (non-hydrogen) atoms. The first-order chi connectivity index (χ1) is 8.22. The number of nitrogens with zero attached hydrogens (tertiary/aromatic N) is 2. The molecule has 3 nitrogen and oxygen atoms in total. The molecule has 0 aliphatic heterocycles. The Labute approximate surface area is 106 Å². The lowest BCUT2D eigenvalue weighted by Crippen LogP contribution is -2.23. The highest BCUT2D eigenvalue weighted by atomic mass is 32.1. The third-order valence-electron chi connectivity index (χ3n) is 2.71. The van der Waals surface area contributed by atoms with E-state index in [0.29, 0.717) is 0 Å². The van der Waals surface area contributed by atoms with E-state index in [9.17, 15) is 0 Å². The molecule has 0 saturated heterocycles. The van der Waals surface area contributed by atoms with Crippen molar-refractivity contribution in [1.82, 2.24) is 15.3 Å². The molecule has 0 radical (unpaired) electrons. The number of hydrogen-bond acceptors (Lipinski definition) is 4. The molecule has 0 bridgehead atoms. The Morgan fingerprint density at radius 3 is 2.65 bits per heavy atom. The van der Waals surface area contributed by atoms with Gasteiger partial charge < -0.3 is 5.32 Å². The van der Waals surface area contributed by atoms with Crippen LogP contribution in [0.5, 0.6) is 0 Å². The lowest BCUT2D eigenvalue weighted by Gasteiger charge is -2.17. The zero-order chi connectivity index (χ0) is 12.3. The Morgan fingerprint density at radius 2 is 2.12 bits per heavy atom. The molecule has 0 saturated carbocycles. The van der Waals surface area contributed by atoms with Crippen LogP contribution < -0.4 is 5.32 Å². The third-order valence-corrected chi connectivity index (χ3v) is 3.58. The molecule has 2 aromatic heterocycles. The minimum absolute atomic E-state index is 0.152. The summed E-state index contributed by atoms with van der Waals surface area (Å²) in [6.45, 7) is 7.12. The number of hydrogen-bond donors (Lipinski definition) is 1. The van der Waals surface area contributed by atoms with E-state index < -0.39 is 0 Å². The van der Waals surface area contributed by atoms with Crippen LogP contribution in [-0.4, -0.2) is 16.5 Å². The summed E-state index contributed by atoms with van der Waals surface area (Å²) in [4.78, 5) is 10.1. The number of aryl methyl sites for hydroxylation is 2. The summed E-state index contributed by atoms with van der Waals surface area (Å²) < 4.78 is 0. The zero-order valence-electron chi connectivity index (χ0n) is 10.4. The number of rotatable bonds is 4. The predicted octanol–water partition coefficient (Wildman–Crippen LogP) is 2.85. The molecule has 1 atom stereocenters. The topological polar surface area (TPSA) is 37.8 Å². The lowest BCUT2D eigenvalue weighted by atomic mass is 10.1. The molecule has 90 valence electrons. The van der Waals surface area contributed by atoms with Crippen LogP contribution in [0.3, 0.4) is 0 Å². The van der Waals surface area contributed by atoms with Gasteiger partial charge in [0.25, 0.3) is 0 Å². The Morgan fingerprint density at radius 1 is 1.29 bits per heavy atom. The van der Waals surface area contributed by atoms with Crippen LogP contribution in [0.4, 0.5) is 0 Å². The number of thiophene rings is 1. The fourth-order valence-corrected chi connectivity index (χ4v) is 2.56. The maximum atomic E-state index is 4.47. The third kappa shape index (κ3) is 2.70. The van der Waals surface area contributed by atoms with Crippen molar-refractivity contribution >= 4 is 11.3 Å². The summed E-state index contributed by atoms with van der Waals surface area (Å²) in [5.74, 6) is 0. The number of nitrogens with one attached hydrogen (secondary N) is 1. The standard InChI is InChI=1S/C13H17N3S/c1-4-14-13(11-5-6-17-10(11)3)12-8-15-9(2)7-16-12/h5-8,13-14H,4H2,1-3H3. The van der Waals surface area contributed by atoms with Gasteiger partial charge in [-0.05, 0) is 37.4 Å². The van der Waals surface area contributed by atoms with Crippen molar-refractivity contribution in [3.8, 4) is 0 Å². The van der Waals surface area contributed by atoms with Crippen LogP contribution >= 0.6 is 11.3 Å². The zero-order valence-corrected chi connectivity index (χ0v) is 11.2. The summed E-state index contributed by atoms with van der Waals surface area (Å²) in [7, 11) is 0. The van der Waals surface area contributed by atoms with Crippen molar-refractivity contribution in [3.63, 3.8) is 0 Å². The van der Waals surface area contributed by atoms with Crippen LogP contribution in [0, 0.1) is 13.8 Å². The van der Waals surface area contributed by atoms with Crippen LogP contribution in [-0.2, 0) is 0 Å². The van der Waals surface area contributed by atoms with Crippen molar-refractivity contribution in [2.75, 3.05) is 6.54 Å². The maximum absolute atomic E-state index is 4.47. The van der Waals surface area contributed by atoms with Gasteiger partial charge in [0.15, 0.2) is 0 Å². The molecule has 1 N–H and O–H groups in total. The van der Waals surface area contributed by atoms with Gasteiger partial charge in [0.05, 0.1) is 23.6 Å². The van der Waals surface area contributed by atoms with Gasteiger partial charge in [-0.1, -0.05) is 6.92 Å². The summed E-state index contributed by atoms with van der Waals surface area (Å²) in [5.41, 5.74) is 3.24. The fourth-order valence-electron chi connectivity index (χ4n) is 1.82. The van der Waals surface area contributed by atoms with Gasteiger partial charge in [0, 0.05) is 11.1 Å². The normalized spacial score (nSPS) is 12.6. The highest BCUT2D eigenvalue weighted by molar-refractivity contribution is 7.10. The molecule has 2 aromatic rings. The fraction of sp³-hybridized carbons (Fsp3) is 0.385. The van der Waals surface area contributed by atoms with Gasteiger partial charge in [0.2, 0.25) is 0 Å². The second kappa shape index (κ2) is 5.38. The largest absolute Gasteiger partial charge is 0.305 e. The monoisotopic (exact) mass is 247 g/mol. The number of aromatic nitrogens is 2. The second-order valence-corrected chi connectivity index (χ2v) is 5.13. The van der Waals surface area contributed by atoms with Gasteiger partial charge >= 0.3 is 0 Å². The van der Waals surface area contributed by atoms with Gasteiger partial charge in [-0.25, -0.2) is 0 Å². The van der Waals surface area contributed by atoms with Crippen molar-refractivity contribution in [2.24, 2.45) is 0 Å². The molecule has 1 unspecified atom stereocenters. The Balaban J connectivity index is 2.35. The maximum Gasteiger partial charge on any atom is 0.0802 e. The molecule has 0 amide bonds. The van der Waals surface area contributed by atoms with E-state index in [4.69, 9.17) is 0 Å². The summed E-state index contributed by atoms with van der Waals surface area (Å²) in [5, 5.41) is 5.59. The highest BCUT2D eigenvalue weighted by Gasteiger charge is 2.17. The first-order valence-electron chi connectivity index (χ1n) is 5.78. The van der Waals surface area contributed by atoms with Gasteiger partial charge in [-0.2, -0.15) is 0 Å². The first kappa shape index (κ1) is 12.2. The molecule has 2 heterocycles. The molecule has 4 heteroatoms. The summed E-state index contributed by atoms with van der Waals surface area (Å²) >= 11 is 1.77. The average Bonchev–Trinajstić information content (AvgIpc) is 2.74. The second-order valence-electron chi connectivity index (χ2n) is 4.01. The van der Waals surface area contributed by atoms with Crippen LogP contribution in [0.1, 0.15) is 34.8 Å². The van der Waals surface area contributed by atoms with E-state index in [2.05, 4.69) is 40.6 Å². The smallest absolute Gasteiger partial charge is 0.0802 e. The minimum atomic E-state index is 0.152. The first-order valence-corrected chi connectivity index (χ1v) is 6.66. The molecule has 2 rings (SSSR count). The SMILES string of the molecule is CCNC(c1cnc(C)cn1)c1ccsc1C. The molecule has 0 spiro atoms. The quantitative estimate of drug-likeness (QED) is 0.902. The van der Waals surface area contributed by atoms with Crippen molar-refractivity contribution in [2.45, 2.75) is 26.8 Å². The summed E-state index contributed by atoms with van der Waals surface area (Å²) in [6, 6.07) is 2.31. The molecule has 0 aliphatic carbocycles. The van der Waals surface area contributed by atoms with Crippen LogP contribution in [0.25, 0.3) is 0 Å². The van der Waals surface area contributed by atoms with E-state index in [1.54, 1.807) is 11.3 Å². The molecular formula is C13H17N3S. The van der Waals surface area contributed by atoms with E-state index in [0.717, 1.165) is 17.9 Å². The highest BCUT2D eigenvalue weighted by Crippen LogP contribution is 2.26. The molecular weight excluding hydrogens is 230 g/mol. The lowest BCUT2D eigenvalue weighted by molar-refractivity contribution is 0.611. The Bertz CT molecular complexity index is 476. The van der Waals surface area contributed by atoms with Gasteiger partial charge in [-0.3, -0.25) is 9.97 Å². The van der Waals surface area contributed by atoms with Gasteiger partial charge in [0.1, 0.15) is 0 Å². The van der Waals surface area contributed by atoms with Crippen molar-refractivity contribution < 1.29 is 0 Å². The van der Waals surface area contributed by atoms with Crippen LogP contribution in [0.2, 0.25) is 0 Å². The van der Waals surface area contributed by atoms with E-state index in [-0.39, 0.29) is 6.04 Å². The van der Waals surface area contributed by atoms with E-state index in [1.807, 2.05) is 19.3 Å². The predicted molar refractivity (Wildman–Crippen MR) is 71.3 cm³/mol. The van der Waals surface area contributed by atoms with Crippen molar-refractivity contribution in [3.05, 3.63) is 45.7 Å². The van der Waals surface area contributed by atoms with E-state index in [1.165, 1.54) is 10.4 Å². The van der Waals surface area contributed by atoms with Gasteiger partial charge in [-0.15, -0.1) is 11.3 Å².